The molecule has 5 rings (SSSR count). The molecule has 0 aliphatic heterocycles. The number of imide groups is 1. The largest absolute Gasteiger partial charge is 0.445 e. The Morgan fingerprint density at radius 2 is 1.14 bits per heavy atom. The summed E-state index contributed by atoms with van der Waals surface area (Å²) >= 11 is 3.80. The Balaban J connectivity index is 1.34. The number of nitrogens with one attached hydrogen (secondary N) is 1. The van der Waals surface area contributed by atoms with Gasteiger partial charge in [-0.05, 0) is 35.2 Å². The molecule has 4 aromatic rings. The summed E-state index contributed by atoms with van der Waals surface area (Å²) in [6, 6.07) is 38.4. The number of hydrogen-bond acceptors (Lipinski definition) is 6. The molecule has 0 spiro atoms. The third-order valence-corrected chi connectivity index (χ3v) is 8.63. The normalized spacial score (nSPS) is 21.3. The third-order valence-electron chi connectivity index (χ3n) is 7.52. The highest BCUT2D eigenvalue weighted by atomic mass is 79.9. The van der Waals surface area contributed by atoms with Crippen molar-refractivity contribution in [1.29, 1.82) is 0 Å². The maximum absolute atomic E-state index is 12.9. The van der Waals surface area contributed by atoms with Gasteiger partial charge in [0.15, 0.2) is 0 Å². The second kappa shape index (κ2) is 16.3. The molecule has 5 atom stereocenters. The second-order valence-electron chi connectivity index (χ2n) is 10.7. The molecule has 4 aromatic carbocycles. The van der Waals surface area contributed by atoms with Gasteiger partial charge in [-0.25, -0.2) is 4.79 Å². The number of hydrogen-bond donors (Lipinski definition) is 1. The number of amides is 2. The van der Waals surface area contributed by atoms with Crippen LogP contribution in [0.15, 0.2) is 121 Å². The average molecular weight is 659 g/mol. The summed E-state index contributed by atoms with van der Waals surface area (Å²) in [5, 5.41) is 2.35. The van der Waals surface area contributed by atoms with E-state index in [9.17, 15) is 9.59 Å². The fourth-order valence-electron chi connectivity index (χ4n) is 5.27. The van der Waals surface area contributed by atoms with E-state index in [1.54, 1.807) is 30.3 Å². The summed E-state index contributed by atoms with van der Waals surface area (Å²) in [4.78, 5) is 25.2. The van der Waals surface area contributed by atoms with Crippen molar-refractivity contribution in [1.82, 2.24) is 5.32 Å². The zero-order valence-electron chi connectivity index (χ0n) is 24.3. The Morgan fingerprint density at radius 3 is 1.68 bits per heavy atom. The molecule has 2 amide bonds. The number of alkyl halides is 1. The molecular weight excluding hydrogens is 622 g/mol. The Kier molecular flexibility index (Phi) is 11.7. The summed E-state index contributed by atoms with van der Waals surface area (Å²) in [7, 11) is 0. The lowest BCUT2D eigenvalue weighted by Crippen LogP contribution is -2.56. The smallest absolute Gasteiger partial charge is 0.414 e. The molecule has 44 heavy (non-hydrogen) atoms. The zero-order chi connectivity index (χ0) is 30.6. The van der Waals surface area contributed by atoms with Crippen LogP contribution in [0.5, 0.6) is 0 Å². The summed E-state index contributed by atoms with van der Waals surface area (Å²) < 4.78 is 25.2. The maximum Gasteiger partial charge on any atom is 0.414 e. The predicted molar refractivity (Wildman–Crippen MR) is 171 cm³/mol. The van der Waals surface area contributed by atoms with Crippen LogP contribution in [0.3, 0.4) is 0 Å². The van der Waals surface area contributed by atoms with Gasteiger partial charge >= 0.3 is 6.09 Å². The minimum Gasteiger partial charge on any atom is -0.445 e. The van der Waals surface area contributed by atoms with Gasteiger partial charge in [-0.3, -0.25) is 10.1 Å². The number of carbonyl (C=O) groups excluding carboxylic acids is 2. The molecular formula is C36H36BrNO6. The molecule has 0 heterocycles. The van der Waals surface area contributed by atoms with Crippen molar-refractivity contribution < 1.29 is 28.5 Å². The highest BCUT2D eigenvalue weighted by Crippen LogP contribution is 2.37. The molecule has 1 aliphatic rings. The lowest BCUT2D eigenvalue weighted by Gasteiger charge is -2.44. The fraction of sp³-hybridized carbons (Fsp3) is 0.278. The molecule has 1 N–H and O–H groups in total. The van der Waals surface area contributed by atoms with Gasteiger partial charge < -0.3 is 18.9 Å². The monoisotopic (exact) mass is 657 g/mol. The minimum atomic E-state index is -0.817. The average Bonchev–Trinajstić information content (AvgIpc) is 3.06. The topological polar surface area (TPSA) is 83.1 Å². The van der Waals surface area contributed by atoms with Crippen LogP contribution in [0.4, 0.5) is 4.79 Å². The maximum atomic E-state index is 12.9. The number of halogens is 1. The number of carbonyl (C=O) groups is 2. The molecule has 8 heteroatoms. The van der Waals surface area contributed by atoms with E-state index in [4.69, 9.17) is 18.9 Å². The van der Waals surface area contributed by atoms with Gasteiger partial charge in [0.2, 0.25) is 0 Å². The molecule has 0 aromatic heterocycles. The number of ether oxygens (including phenoxy) is 4. The second-order valence-corrected chi connectivity index (χ2v) is 11.8. The zero-order valence-corrected chi connectivity index (χ0v) is 25.9. The number of alkyl carbamates (subject to hydrolysis) is 1. The molecule has 1 saturated carbocycles. The van der Waals surface area contributed by atoms with Gasteiger partial charge in [0, 0.05) is 11.5 Å². The van der Waals surface area contributed by atoms with Crippen LogP contribution in [0.1, 0.15) is 33.5 Å². The van der Waals surface area contributed by atoms with Gasteiger partial charge in [0.25, 0.3) is 5.91 Å². The van der Waals surface area contributed by atoms with Crippen molar-refractivity contribution in [3.8, 4) is 0 Å². The van der Waals surface area contributed by atoms with Crippen LogP contribution in [-0.2, 0) is 38.8 Å². The van der Waals surface area contributed by atoms with Gasteiger partial charge in [0.1, 0.15) is 12.2 Å². The van der Waals surface area contributed by atoms with Crippen LogP contribution in [0, 0.1) is 5.92 Å². The summed E-state index contributed by atoms with van der Waals surface area (Å²) in [5.41, 5.74) is 3.49. The van der Waals surface area contributed by atoms with Gasteiger partial charge in [-0.2, -0.15) is 0 Å². The first-order chi connectivity index (χ1) is 21.6. The van der Waals surface area contributed by atoms with Crippen molar-refractivity contribution in [2.24, 2.45) is 5.92 Å². The van der Waals surface area contributed by atoms with E-state index in [0.29, 0.717) is 38.4 Å². The molecule has 7 nitrogen and oxygen atoms in total. The fourth-order valence-corrected chi connectivity index (χ4v) is 6.05. The predicted octanol–water partition coefficient (Wildman–Crippen LogP) is 7.09. The highest BCUT2D eigenvalue weighted by Gasteiger charge is 2.47. The lowest BCUT2D eigenvalue weighted by atomic mass is 9.82. The molecule has 1 aliphatic carbocycles. The van der Waals surface area contributed by atoms with Crippen LogP contribution < -0.4 is 5.32 Å². The van der Waals surface area contributed by atoms with E-state index in [2.05, 4.69) is 21.2 Å². The van der Waals surface area contributed by atoms with Crippen molar-refractivity contribution in [3.05, 3.63) is 144 Å². The molecule has 5 unspecified atom stereocenters. The third kappa shape index (κ3) is 9.09. The first-order valence-corrected chi connectivity index (χ1v) is 15.6. The molecule has 1 fully saturated rings. The Bertz CT molecular complexity index is 1440. The van der Waals surface area contributed by atoms with E-state index in [1.807, 2.05) is 91.0 Å². The molecule has 0 saturated heterocycles. The molecule has 0 radical (unpaired) electrons. The van der Waals surface area contributed by atoms with E-state index in [0.717, 1.165) is 16.7 Å². The van der Waals surface area contributed by atoms with Gasteiger partial charge in [-0.15, -0.1) is 0 Å². The highest BCUT2D eigenvalue weighted by molar-refractivity contribution is 9.09. The minimum absolute atomic E-state index is 0.167. The summed E-state index contributed by atoms with van der Waals surface area (Å²) in [6.45, 7) is 1.54. The van der Waals surface area contributed by atoms with Gasteiger partial charge in [0.05, 0.1) is 37.4 Å². The van der Waals surface area contributed by atoms with Crippen LogP contribution in [0.25, 0.3) is 0 Å². The molecule has 228 valence electrons. The SMILES string of the molecule is O=C(NC(=O)c1ccccc1)OC1CC(COCc2ccccc2)C(OCc2ccccc2)C(OCc2ccccc2)C1Br. The number of benzene rings is 4. The standard InChI is InChI=1S/C36H36BrNO6/c37-32-31(44-36(40)38-35(39)29-19-11-4-12-20-29)21-30(25-41-22-26-13-5-1-6-14-26)33(42-23-27-15-7-2-8-16-27)34(32)43-24-28-17-9-3-10-18-28/h1-20,30-34H,21-25H2,(H,38,39,40). The number of rotatable bonds is 12. The Morgan fingerprint density at radius 1 is 0.659 bits per heavy atom. The van der Waals surface area contributed by atoms with E-state index >= 15 is 0 Å². The Labute approximate surface area is 266 Å². The van der Waals surface area contributed by atoms with E-state index in [1.165, 1.54) is 0 Å². The van der Waals surface area contributed by atoms with Crippen molar-refractivity contribution in [2.75, 3.05) is 6.61 Å². The molecule has 0 bridgehead atoms. The summed E-state index contributed by atoms with van der Waals surface area (Å²) in [6.07, 6.45) is -1.83. The van der Waals surface area contributed by atoms with Crippen LogP contribution in [-0.4, -0.2) is 41.7 Å². The van der Waals surface area contributed by atoms with Crippen molar-refractivity contribution in [2.45, 2.75) is 49.4 Å². The van der Waals surface area contributed by atoms with Gasteiger partial charge in [-0.1, -0.05) is 125 Å². The Hall–Kier alpha value is -3.82. The first-order valence-electron chi connectivity index (χ1n) is 14.7. The van der Waals surface area contributed by atoms with Crippen LogP contribution in [0.2, 0.25) is 0 Å². The van der Waals surface area contributed by atoms with Crippen molar-refractivity contribution >= 4 is 27.9 Å². The van der Waals surface area contributed by atoms with E-state index < -0.39 is 29.0 Å². The first kappa shape index (κ1) is 31.6. The summed E-state index contributed by atoms with van der Waals surface area (Å²) in [5.74, 6) is -0.694. The van der Waals surface area contributed by atoms with Crippen molar-refractivity contribution in [3.63, 3.8) is 0 Å². The quantitative estimate of drug-likeness (QED) is 0.164. The van der Waals surface area contributed by atoms with Crippen LogP contribution >= 0.6 is 15.9 Å². The van der Waals surface area contributed by atoms with E-state index in [-0.39, 0.29) is 12.0 Å². The lowest BCUT2D eigenvalue weighted by molar-refractivity contribution is -0.156.